The number of hydrogen-bond acceptors (Lipinski definition) is 5. The fraction of sp³-hybridized carbons (Fsp3) is 0.190. The molecule has 29 heavy (non-hydrogen) atoms. The molecule has 0 aliphatic carbocycles. The Balaban J connectivity index is 1.74. The van der Waals surface area contributed by atoms with Crippen LogP contribution < -0.4 is 10.5 Å². The second kappa shape index (κ2) is 7.46. The summed E-state index contributed by atoms with van der Waals surface area (Å²) in [5, 5.41) is 5.06. The zero-order chi connectivity index (χ0) is 19.8. The first-order valence-electron chi connectivity index (χ1n) is 9.37. The van der Waals surface area contributed by atoms with Gasteiger partial charge in [0.05, 0.1) is 24.6 Å². The van der Waals surface area contributed by atoms with E-state index < -0.39 is 0 Å². The molecule has 0 radical (unpaired) electrons. The number of anilines is 1. The van der Waals surface area contributed by atoms with Crippen LogP contribution in [0.1, 0.15) is 0 Å². The van der Waals surface area contributed by atoms with E-state index in [1.54, 1.807) is 15.4 Å². The van der Waals surface area contributed by atoms with Crippen LogP contribution in [0.2, 0.25) is 0 Å². The van der Waals surface area contributed by atoms with Gasteiger partial charge >= 0.3 is 0 Å². The lowest BCUT2D eigenvalue weighted by Gasteiger charge is -2.29. The molecule has 0 unspecified atom stereocenters. The molecule has 0 bridgehead atoms. The molecule has 1 saturated heterocycles. The fourth-order valence-electron chi connectivity index (χ4n) is 3.47. The van der Waals surface area contributed by atoms with E-state index in [1.165, 1.54) is 0 Å². The standard InChI is InChI=1S/C21H18BrN5O2/c22-15-6-8-17(9-7-15)27-20(28)18-14-26(16-4-2-1-3-5-16)24-19(18)23-21(27)25-10-12-29-13-11-25/h1-9,14H,10-13H2. The Morgan fingerprint density at radius 2 is 1.66 bits per heavy atom. The first-order valence-corrected chi connectivity index (χ1v) is 10.2. The fourth-order valence-corrected chi connectivity index (χ4v) is 3.73. The SMILES string of the molecule is O=c1c2cn(-c3ccccc3)nc2nc(N2CCOCC2)n1-c1ccc(Br)cc1. The number of aromatic nitrogens is 4. The molecule has 1 fully saturated rings. The molecule has 2 aromatic heterocycles. The number of morpholine rings is 1. The highest BCUT2D eigenvalue weighted by atomic mass is 79.9. The number of nitrogens with zero attached hydrogens (tertiary/aromatic N) is 5. The molecule has 0 amide bonds. The Morgan fingerprint density at radius 1 is 0.931 bits per heavy atom. The zero-order valence-corrected chi connectivity index (χ0v) is 17.1. The van der Waals surface area contributed by atoms with Crippen molar-refractivity contribution in [1.29, 1.82) is 0 Å². The zero-order valence-electron chi connectivity index (χ0n) is 15.5. The summed E-state index contributed by atoms with van der Waals surface area (Å²) >= 11 is 3.46. The minimum Gasteiger partial charge on any atom is -0.378 e. The first kappa shape index (κ1) is 18.1. The minimum atomic E-state index is -0.138. The third-order valence-electron chi connectivity index (χ3n) is 4.93. The largest absolute Gasteiger partial charge is 0.378 e. The average molecular weight is 452 g/mol. The highest BCUT2D eigenvalue weighted by Gasteiger charge is 2.22. The third-order valence-corrected chi connectivity index (χ3v) is 5.46. The number of rotatable bonds is 3. The molecule has 1 aliphatic heterocycles. The summed E-state index contributed by atoms with van der Waals surface area (Å²) < 4.78 is 9.80. The van der Waals surface area contributed by atoms with E-state index in [0.717, 1.165) is 15.8 Å². The molecular weight excluding hydrogens is 434 g/mol. The molecule has 1 aliphatic rings. The maximum atomic E-state index is 13.5. The van der Waals surface area contributed by atoms with Gasteiger partial charge in [-0.15, -0.1) is 5.10 Å². The Morgan fingerprint density at radius 3 is 2.38 bits per heavy atom. The predicted octanol–water partition coefficient (Wildman–Crippen LogP) is 3.17. The van der Waals surface area contributed by atoms with E-state index in [4.69, 9.17) is 9.72 Å². The lowest BCUT2D eigenvalue weighted by Crippen LogP contribution is -2.40. The second-order valence-corrected chi connectivity index (χ2v) is 7.69. The van der Waals surface area contributed by atoms with Crippen LogP contribution in [0.15, 0.2) is 70.1 Å². The van der Waals surface area contributed by atoms with Crippen LogP contribution in [-0.4, -0.2) is 45.6 Å². The molecular formula is C21H18BrN5O2. The van der Waals surface area contributed by atoms with Gasteiger partial charge in [0, 0.05) is 23.8 Å². The van der Waals surface area contributed by atoms with Crippen LogP contribution in [0.4, 0.5) is 5.95 Å². The van der Waals surface area contributed by atoms with Crippen molar-refractivity contribution in [1.82, 2.24) is 19.3 Å². The monoisotopic (exact) mass is 451 g/mol. The summed E-state index contributed by atoms with van der Waals surface area (Å²) in [4.78, 5) is 20.4. The molecule has 3 heterocycles. The third kappa shape index (κ3) is 3.34. The van der Waals surface area contributed by atoms with Crippen molar-refractivity contribution in [2.24, 2.45) is 0 Å². The summed E-state index contributed by atoms with van der Waals surface area (Å²) in [6.45, 7) is 2.56. The maximum absolute atomic E-state index is 13.5. The smallest absolute Gasteiger partial charge is 0.270 e. The number of fused-ring (bicyclic) bond motifs is 1. The molecule has 8 heteroatoms. The molecule has 0 N–H and O–H groups in total. The van der Waals surface area contributed by atoms with Crippen molar-refractivity contribution in [3.05, 3.63) is 75.6 Å². The highest BCUT2D eigenvalue weighted by molar-refractivity contribution is 9.10. The van der Waals surface area contributed by atoms with Crippen LogP contribution in [0.3, 0.4) is 0 Å². The lowest BCUT2D eigenvalue weighted by atomic mass is 10.3. The number of benzene rings is 2. The lowest BCUT2D eigenvalue weighted by molar-refractivity contribution is 0.122. The average Bonchev–Trinajstić information content (AvgIpc) is 3.21. The van der Waals surface area contributed by atoms with Crippen LogP contribution in [0, 0.1) is 0 Å². The summed E-state index contributed by atoms with van der Waals surface area (Å²) in [6, 6.07) is 17.4. The normalized spacial score (nSPS) is 14.4. The number of ether oxygens (including phenoxy) is 1. The predicted molar refractivity (Wildman–Crippen MR) is 115 cm³/mol. The topological polar surface area (TPSA) is 65.2 Å². The first-order chi connectivity index (χ1) is 14.2. The van der Waals surface area contributed by atoms with Gasteiger partial charge in [-0.3, -0.25) is 4.79 Å². The van der Waals surface area contributed by atoms with E-state index in [0.29, 0.717) is 43.3 Å². The van der Waals surface area contributed by atoms with Gasteiger partial charge < -0.3 is 9.64 Å². The molecule has 0 spiro atoms. The Kier molecular flexibility index (Phi) is 4.65. The maximum Gasteiger partial charge on any atom is 0.270 e. The van der Waals surface area contributed by atoms with Crippen molar-refractivity contribution in [3.8, 4) is 11.4 Å². The quantitative estimate of drug-likeness (QED) is 0.478. The Hall–Kier alpha value is -2.97. The van der Waals surface area contributed by atoms with E-state index >= 15 is 0 Å². The van der Waals surface area contributed by atoms with E-state index in [-0.39, 0.29) is 5.56 Å². The summed E-state index contributed by atoms with van der Waals surface area (Å²) in [6.07, 6.45) is 1.75. The van der Waals surface area contributed by atoms with Gasteiger partial charge in [-0.1, -0.05) is 34.1 Å². The van der Waals surface area contributed by atoms with Crippen molar-refractivity contribution >= 4 is 32.9 Å². The van der Waals surface area contributed by atoms with Crippen LogP contribution in [0.25, 0.3) is 22.4 Å². The molecule has 4 aromatic rings. The second-order valence-electron chi connectivity index (χ2n) is 6.77. The molecule has 2 aromatic carbocycles. The summed E-state index contributed by atoms with van der Waals surface area (Å²) in [5.41, 5.74) is 1.95. The molecule has 5 rings (SSSR count). The van der Waals surface area contributed by atoms with Crippen LogP contribution in [-0.2, 0) is 4.74 Å². The number of para-hydroxylation sites is 1. The minimum absolute atomic E-state index is 0.138. The molecule has 0 atom stereocenters. The van der Waals surface area contributed by atoms with E-state index in [9.17, 15) is 4.79 Å². The number of hydrogen-bond donors (Lipinski definition) is 0. The molecule has 0 saturated carbocycles. The van der Waals surface area contributed by atoms with E-state index in [1.807, 2.05) is 54.6 Å². The Labute approximate surface area is 175 Å². The van der Waals surface area contributed by atoms with Gasteiger partial charge in [0.1, 0.15) is 5.39 Å². The van der Waals surface area contributed by atoms with Crippen molar-refractivity contribution in [3.63, 3.8) is 0 Å². The summed E-state index contributed by atoms with van der Waals surface area (Å²) in [7, 11) is 0. The van der Waals surface area contributed by atoms with Gasteiger partial charge in [0.2, 0.25) is 5.95 Å². The van der Waals surface area contributed by atoms with Gasteiger partial charge in [-0.2, -0.15) is 4.98 Å². The van der Waals surface area contributed by atoms with Crippen molar-refractivity contribution in [2.75, 3.05) is 31.2 Å². The Bertz CT molecular complexity index is 1210. The van der Waals surface area contributed by atoms with Gasteiger partial charge in [0.15, 0.2) is 5.65 Å². The summed E-state index contributed by atoms with van der Waals surface area (Å²) in [5.74, 6) is 0.589. The molecule has 146 valence electrons. The van der Waals surface area contributed by atoms with Gasteiger partial charge in [-0.05, 0) is 36.4 Å². The van der Waals surface area contributed by atoms with Gasteiger partial charge in [-0.25, -0.2) is 9.25 Å². The van der Waals surface area contributed by atoms with Crippen LogP contribution in [0.5, 0.6) is 0 Å². The van der Waals surface area contributed by atoms with Crippen LogP contribution >= 0.6 is 15.9 Å². The van der Waals surface area contributed by atoms with Gasteiger partial charge in [0.25, 0.3) is 5.56 Å². The number of halogens is 1. The van der Waals surface area contributed by atoms with E-state index in [2.05, 4.69) is 25.9 Å². The van der Waals surface area contributed by atoms with Crippen molar-refractivity contribution < 1.29 is 4.74 Å². The van der Waals surface area contributed by atoms with Crippen molar-refractivity contribution in [2.45, 2.75) is 0 Å². The highest BCUT2D eigenvalue weighted by Crippen LogP contribution is 2.22. The molecule has 7 nitrogen and oxygen atoms in total.